The van der Waals surface area contributed by atoms with Gasteiger partial charge in [0.25, 0.3) is 11.6 Å². The molecule has 0 radical (unpaired) electrons. The number of carbonyl (C=O) groups excluding carboxylic acids is 4. The number of nitro benzene ring substituents is 1. The molecule has 3 atom stereocenters. The van der Waals surface area contributed by atoms with E-state index in [4.69, 9.17) is 4.74 Å². The zero-order chi connectivity index (χ0) is 25.3. The van der Waals surface area contributed by atoms with Gasteiger partial charge >= 0.3 is 5.97 Å². The third kappa shape index (κ3) is 4.91. The third-order valence-electron chi connectivity index (χ3n) is 6.57. The highest BCUT2D eigenvalue weighted by Crippen LogP contribution is 2.42. The second kappa shape index (κ2) is 9.65. The van der Waals surface area contributed by atoms with Crippen LogP contribution in [0.2, 0.25) is 0 Å². The second-order valence-electron chi connectivity index (χ2n) is 9.07. The van der Waals surface area contributed by atoms with Crippen LogP contribution >= 0.6 is 0 Å². The van der Waals surface area contributed by atoms with Crippen molar-refractivity contribution in [2.45, 2.75) is 33.1 Å². The Morgan fingerprint density at radius 3 is 2.46 bits per heavy atom. The summed E-state index contributed by atoms with van der Waals surface area (Å²) >= 11 is 0. The number of hydrogen-bond acceptors (Lipinski definition) is 7. The summed E-state index contributed by atoms with van der Waals surface area (Å²) in [5.74, 6) is -1.98. The van der Waals surface area contributed by atoms with Crippen molar-refractivity contribution in [3.8, 4) is 0 Å². The standard InChI is InChI=1S/C25H25N3O7/c1-14-3-10-19-20(11-14)24(31)27(23(19)30)18-8-5-16(6-9-18)25(32)35-13-22(29)26-17-7-4-15(2)21(12-17)28(33)34/h4-9,12,14,19-20H,3,10-11,13H2,1-2H3,(H,26,29)/t14-,19+,20-/m0/s1. The molecule has 2 aromatic rings. The summed E-state index contributed by atoms with van der Waals surface area (Å²) in [6.45, 7) is 3.08. The predicted octanol–water partition coefficient (Wildman–Crippen LogP) is 3.62. The highest BCUT2D eigenvalue weighted by Gasteiger charge is 2.49. The Labute approximate surface area is 201 Å². The molecule has 2 aromatic carbocycles. The molecule has 35 heavy (non-hydrogen) atoms. The number of rotatable bonds is 6. The molecule has 0 aromatic heterocycles. The first-order valence-electron chi connectivity index (χ1n) is 11.4. The lowest BCUT2D eigenvalue weighted by Gasteiger charge is -2.25. The molecule has 0 unspecified atom stereocenters. The molecule has 0 bridgehead atoms. The van der Waals surface area contributed by atoms with Crippen molar-refractivity contribution in [2.24, 2.45) is 17.8 Å². The molecule has 1 aliphatic heterocycles. The summed E-state index contributed by atoms with van der Waals surface area (Å²) in [4.78, 5) is 61.8. The summed E-state index contributed by atoms with van der Waals surface area (Å²) < 4.78 is 5.03. The summed E-state index contributed by atoms with van der Waals surface area (Å²) in [6, 6.07) is 10.1. The van der Waals surface area contributed by atoms with Crippen molar-refractivity contribution in [2.75, 3.05) is 16.8 Å². The molecule has 10 heteroatoms. The summed E-state index contributed by atoms with van der Waals surface area (Å²) in [7, 11) is 0. The van der Waals surface area contributed by atoms with Gasteiger partial charge in [-0.15, -0.1) is 0 Å². The minimum Gasteiger partial charge on any atom is -0.452 e. The zero-order valence-corrected chi connectivity index (χ0v) is 19.4. The topological polar surface area (TPSA) is 136 Å². The van der Waals surface area contributed by atoms with Crippen LogP contribution in [0.1, 0.15) is 42.1 Å². The maximum Gasteiger partial charge on any atom is 0.338 e. The van der Waals surface area contributed by atoms with E-state index in [-0.39, 0.29) is 40.6 Å². The zero-order valence-electron chi connectivity index (χ0n) is 19.4. The van der Waals surface area contributed by atoms with Gasteiger partial charge in [0.15, 0.2) is 6.61 Å². The minimum atomic E-state index is -0.761. The van der Waals surface area contributed by atoms with Gasteiger partial charge < -0.3 is 10.1 Å². The Kier molecular flexibility index (Phi) is 6.63. The van der Waals surface area contributed by atoms with Crippen LogP contribution in [0.25, 0.3) is 0 Å². The quantitative estimate of drug-likeness (QED) is 0.289. The van der Waals surface area contributed by atoms with Crippen LogP contribution < -0.4 is 10.2 Å². The van der Waals surface area contributed by atoms with Crippen LogP contribution in [-0.2, 0) is 19.1 Å². The Morgan fingerprint density at radius 2 is 1.77 bits per heavy atom. The number of nitrogens with zero attached hydrogens (tertiary/aromatic N) is 2. The van der Waals surface area contributed by atoms with Gasteiger partial charge in [-0.1, -0.05) is 13.0 Å². The number of carbonyl (C=O) groups is 4. The van der Waals surface area contributed by atoms with Crippen molar-refractivity contribution in [1.29, 1.82) is 0 Å². The average molecular weight is 479 g/mol. The molecule has 2 aliphatic rings. The van der Waals surface area contributed by atoms with Crippen LogP contribution in [0.4, 0.5) is 17.1 Å². The van der Waals surface area contributed by atoms with Crippen LogP contribution in [0.5, 0.6) is 0 Å². The molecule has 1 aliphatic carbocycles. The number of hydrogen-bond donors (Lipinski definition) is 1. The lowest BCUT2D eigenvalue weighted by molar-refractivity contribution is -0.385. The Bertz CT molecular complexity index is 1210. The van der Waals surface area contributed by atoms with E-state index in [1.54, 1.807) is 6.92 Å². The average Bonchev–Trinajstić information content (AvgIpc) is 3.07. The molecule has 10 nitrogen and oxygen atoms in total. The molecule has 1 saturated carbocycles. The highest BCUT2D eigenvalue weighted by molar-refractivity contribution is 6.22. The number of amides is 3. The van der Waals surface area contributed by atoms with E-state index in [1.165, 1.54) is 47.4 Å². The number of anilines is 2. The van der Waals surface area contributed by atoms with Crippen LogP contribution in [0.15, 0.2) is 42.5 Å². The Hall–Kier alpha value is -4.08. The third-order valence-corrected chi connectivity index (χ3v) is 6.57. The van der Waals surface area contributed by atoms with Gasteiger partial charge in [-0.3, -0.25) is 29.4 Å². The molecule has 1 heterocycles. The molecule has 0 spiro atoms. The molecule has 1 saturated heterocycles. The van der Waals surface area contributed by atoms with Gasteiger partial charge in [0, 0.05) is 17.3 Å². The van der Waals surface area contributed by atoms with Crippen molar-refractivity contribution >= 4 is 40.8 Å². The Morgan fingerprint density at radius 1 is 1.09 bits per heavy atom. The van der Waals surface area contributed by atoms with E-state index in [2.05, 4.69) is 12.2 Å². The van der Waals surface area contributed by atoms with Crippen molar-refractivity contribution < 1.29 is 28.8 Å². The maximum atomic E-state index is 12.9. The van der Waals surface area contributed by atoms with Crippen molar-refractivity contribution in [3.63, 3.8) is 0 Å². The first-order chi connectivity index (χ1) is 16.7. The van der Waals surface area contributed by atoms with Crippen LogP contribution in [0, 0.1) is 34.8 Å². The van der Waals surface area contributed by atoms with E-state index >= 15 is 0 Å². The molecular formula is C25H25N3O7. The number of aryl methyl sites for hydroxylation is 1. The molecule has 182 valence electrons. The minimum absolute atomic E-state index is 0.136. The number of nitro groups is 1. The maximum absolute atomic E-state index is 12.9. The van der Waals surface area contributed by atoms with Gasteiger partial charge in [-0.25, -0.2) is 4.79 Å². The van der Waals surface area contributed by atoms with Gasteiger partial charge in [-0.05, 0) is 62.4 Å². The number of ether oxygens (including phenoxy) is 1. The fraction of sp³-hybridized carbons (Fsp3) is 0.360. The van der Waals surface area contributed by atoms with Crippen molar-refractivity contribution in [1.82, 2.24) is 0 Å². The number of nitrogens with one attached hydrogen (secondary N) is 1. The van der Waals surface area contributed by atoms with E-state index < -0.39 is 23.4 Å². The fourth-order valence-corrected chi connectivity index (χ4v) is 4.69. The first kappa shape index (κ1) is 24.1. The normalized spacial score (nSPS) is 21.4. The monoisotopic (exact) mass is 479 g/mol. The van der Waals surface area contributed by atoms with Gasteiger partial charge in [0.1, 0.15) is 0 Å². The number of esters is 1. The van der Waals surface area contributed by atoms with E-state index in [0.717, 1.165) is 6.42 Å². The van der Waals surface area contributed by atoms with Gasteiger partial charge in [0.05, 0.1) is 28.0 Å². The lowest BCUT2D eigenvalue weighted by atomic mass is 9.76. The molecular weight excluding hydrogens is 454 g/mol. The van der Waals surface area contributed by atoms with Gasteiger partial charge in [-0.2, -0.15) is 0 Å². The lowest BCUT2D eigenvalue weighted by Crippen LogP contribution is -2.30. The molecule has 3 amide bonds. The summed E-state index contributed by atoms with van der Waals surface area (Å²) in [5, 5.41) is 13.5. The predicted molar refractivity (Wildman–Crippen MR) is 126 cm³/mol. The van der Waals surface area contributed by atoms with Crippen LogP contribution in [0.3, 0.4) is 0 Å². The molecule has 1 N–H and O–H groups in total. The van der Waals surface area contributed by atoms with Gasteiger partial charge in [0.2, 0.25) is 11.8 Å². The fourth-order valence-electron chi connectivity index (χ4n) is 4.69. The van der Waals surface area contributed by atoms with E-state index in [0.29, 0.717) is 30.0 Å². The SMILES string of the molecule is Cc1ccc(NC(=O)COC(=O)c2ccc(N3C(=O)[C@H]4C[C@@H](C)CC[C@H]4C3=O)cc2)cc1[N+](=O)[O-]. The molecule has 4 rings (SSSR count). The summed E-state index contributed by atoms with van der Waals surface area (Å²) in [5.41, 5.74) is 1.08. The number of fused-ring (bicyclic) bond motifs is 1. The van der Waals surface area contributed by atoms with E-state index in [1.807, 2.05) is 0 Å². The smallest absolute Gasteiger partial charge is 0.338 e. The highest BCUT2D eigenvalue weighted by atomic mass is 16.6. The Balaban J connectivity index is 1.35. The number of imide groups is 1. The van der Waals surface area contributed by atoms with E-state index in [9.17, 15) is 29.3 Å². The second-order valence-corrected chi connectivity index (χ2v) is 9.07. The van der Waals surface area contributed by atoms with Crippen molar-refractivity contribution in [3.05, 3.63) is 63.7 Å². The molecule has 2 fully saturated rings. The number of benzene rings is 2. The summed E-state index contributed by atoms with van der Waals surface area (Å²) in [6.07, 6.45) is 2.33. The first-order valence-corrected chi connectivity index (χ1v) is 11.4. The largest absolute Gasteiger partial charge is 0.452 e. The van der Waals surface area contributed by atoms with Crippen LogP contribution in [-0.4, -0.2) is 35.2 Å².